The summed E-state index contributed by atoms with van der Waals surface area (Å²) in [6.07, 6.45) is 4.52. The highest BCUT2D eigenvalue weighted by Gasteiger charge is 2.48. The molecule has 1 aromatic rings. The first-order chi connectivity index (χ1) is 9.97. The number of carbonyl (C=O) groups excluding carboxylic acids is 2. The van der Waals surface area contributed by atoms with E-state index in [1.807, 2.05) is 12.2 Å². The van der Waals surface area contributed by atoms with Crippen LogP contribution in [0.5, 0.6) is 0 Å². The first kappa shape index (κ1) is 14.6. The zero-order valence-electron chi connectivity index (χ0n) is 10.9. The third-order valence-electron chi connectivity index (χ3n) is 4.22. The number of hydrogen-bond donors (Lipinski definition) is 1. The summed E-state index contributed by atoms with van der Waals surface area (Å²) in [6.45, 7) is 0. The van der Waals surface area contributed by atoms with Crippen LogP contribution in [0.15, 0.2) is 34.8 Å². The Hall–Kier alpha value is -1.33. The summed E-state index contributed by atoms with van der Waals surface area (Å²) in [7, 11) is 0. The number of carbonyl (C=O) groups is 2. The van der Waals surface area contributed by atoms with E-state index >= 15 is 0 Å². The van der Waals surface area contributed by atoms with Gasteiger partial charge in [-0.2, -0.15) is 0 Å². The summed E-state index contributed by atoms with van der Waals surface area (Å²) in [5.41, 5.74) is 0.553. The SMILES string of the molecule is O=C([O-])[C@H]1[C@H](C(=O)Nc2ccc(Br)c(Cl)c2)[C@H]2C=C[C@@H]1C2. The van der Waals surface area contributed by atoms with Gasteiger partial charge in [0.25, 0.3) is 0 Å². The minimum atomic E-state index is -1.15. The van der Waals surface area contributed by atoms with Crippen molar-refractivity contribution < 1.29 is 14.7 Å². The Morgan fingerprint density at radius 1 is 1.24 bits per heavy atom. The predicted molar refractivity (Wildman–Crippen MR) is 80.5 cm³/mol. The van der Waals surface area contributed by atoms with E-state index < -0.39 is 17.8 Å². The fourth-order valence-electron chi connectivity index (χ4n) is 3.30. The predicted octanol–water partition coefficient (Wildman–Crippen LogP) is 2.23. The van der Waals surface area contributed by atoms with Gasteiger partial charge < -0.3 is 15.2 Å². The van der Waals surface area contributed by atoms with Crippen molar-refractivity contribution in [2.45, 2.75) is 6.42 Å². The fraction of sp³-hybridized carbons (Fsp3) is 0.333. The summed E-state index contributed by atoms with van der Waals surface area (Å²) < 4.78 is 0.734. The van der Waals surface area contributed by atoms with Gasteiger partial charge in [0.15, 0.2) is 0 Å². The Labute approximate surface area is 135 Å². The largest absolute Gasteiger partial charge is 0.550 e. The Morgan fingerprint density at radius 2 is 1.90 bits per heavy atom. The van der Waals surface area contributed by atoms with E-state index in [2.05, 4.69) is 21.2 Å². The van der Waals surface area contributed by atoms with Gasteiger partial charge in [-0.1, -0.05) is 23.8 Å². The summed E-state index contributed by atoms with van der Waals surface area (Å²) in [5, 5.41) is 14.5. The molecule has 3 rings (SSSR count). The van der Waals surface area contributed by atoms with Gasteiger partial charge in [0.05, 0.1) is 10.9 Å². The number of fused-ring (bicyclic) bond motifs is 2. The van der Waals surface area contributed by atoms with Crippen molar-refractivity contribution in [2.24, 2.45) is 23.7 Å². The number of aliphatic carboxylic acids is 1. The number of hydrogen-bond acceptors (Lipinski definition) is 3. The second-order valence-corrected chi connectivity index (χ2v) is 6.70. The molecule has 0 aliphatic heterocycles. The van der Waals surface area contributed by atoms with Gasteiger partial charge >= 0.3 is 0 Å². The van der Waals surface area contributed by atoms with Crippen LogP contribution in [0, 0.1) is 23.7 Å². The molecule has 0 heterocycles. The molecule has 1 N–H and O–H groups in total. The standard InChI is InChI=1S/C15H13BrClNO3/c16-10-4-3-9(6-11(10)17)18-14(19)12-7-1-2-8(5-7)13(12)15(20)21/h1-4,6-8,12-13H,5H2,(H,18,19)(H,20,21)/p-1/t7-,8+,12+,13+/m0/s1. The van der Waals surface area contributed by atoms with E-state index in [9.17, 15) is 14.7 Å². The Bertz CT molecular complexity index is 646. The molecule has 0 aromatic heterocycles. The molecule has 4 nitrogen and oxygen atoms in total. The normalized spacial score (nSPS) is 29.6. The lowest BCUT2D eigenvalue weighted by atomic mass is 9.82. The maximum absolute atomic E-state index is 12.4. The molecule has 1 fully saturated rings. The number of benzene rings is 1. The zero-order valence-corrected chi connectivity index (χ0v) is 13.2. The van der Waals surface area contributed by atoms with Crippen LogP contribution in [0.2, 0.25) is 5.02 Å². The van der Waals surface area contributed by atoms with Crippen molar-refractivity contribution >= 4 is 45.1 Å². The molecule has 4 atom stereocenters. The molecule has 0 saturated heterocycles. The van der Waals surface area contributed by atoms with Gasteiger partial charge in [0.2, 0.25) is 5.91 Å². The first-order valence-corrected chi connectivity index (χ1v) is 7.79. The van der Waals surface area contributed by atoms with Gasteiger partial charge in [-0.15, -0.1) is 0 Å². The van der Waals surface area contributed by atoms with Crippen molar-refractivity contribution in [3.8, 4) is 0 Å². The molecule has 2 aliphatic carbocycles. The van der Waals surface area contributed by atoms with Crippen LogP contribution in [-0.2, 0) is 9.59 Å². The molecule has 1 amide bonds. The minimum Gasteiger partial charge on any atom is -0.550 e. The molecule has 6 heteroatoms. The third kappa shape index (κ3) is 2.60. The number of carboxylic acids is 1. The monoisotopic (exact) mass is 368 g/mol. The number of anilines is 1. The number of halogens is 2. The smallest absolute Gasteiger partial charge is 0.228 e. The summed E-state index contributed by atoms with van der Waals surface area (Å²) in [5.74, 6) is -2.88. The summed E-state index contributed by atoms with van der Waals surface area (Å²) >= 11 is 9.26. The molecule has 21 heavy (non-hydrogen) atoms. The van der Waals surface area contributed by atoms with Gasteiger partial charge in [-0.05, 0) is 52.4 Å². The number of allylic oxidation sites excluding steroid dienone is 2. The van der Waals surface area contributed by atoms with E-state index in [0.29, 0.717) is 17.1 Å². The Kier molecular flexibility index (Phi) is 3.80. The van der Waals surface area contributed by atoms with Crippen LogP contribution in [0.4, 0.5) is 5.69 Å². The van der Waals surface area contributed by atoms with Crippen LogP contribution in [-0.4, -0.2) is 11.9 Å². The van der Waals surface area contributed by atoms with Crippen LogP contribution in [0.1, 0.15) is 6.42 Å². The molecule has 0 spiro atoms. The quantitative estimate of drug-likeness (QED) is 0.831. The summed E-state index contributed by atoms with van der Waals surface area (Å²) in [4.78, 5) is 23.7. The van der Waals surface area contributed by atoms with E-state index in [1.165, 1.54) is 0 Å². The molecule has 0 radical (unpaired) electrons. The molecule has 2 bridgehead atoms. The highest BCUT2D eigenvalue weighted by atomic mass is 79.9. The number of nitrogens with one attached hydrogen (secondary N) is 1. The molecular weight excluding hydrogens is 358 g/mol. The topological polar surface area (TPSA) is 69.2 Å². The van der Waals surface area contributed by atoms with Crippen molar-refractivity contribution in [3.63, 3.8) is 0 Å². The Morgan fingerprint density at radius 3 is 2.52 bits per heavy atom. The zero-order chi connectivity index (χ0) is 15.1. The maximum atomic E-state index is 12.4. The van der Waals surface area contributed by atoms with Crippen molar-refractivity contribution in [1.82, 2.24) is 0 Å². The van der Waals surface area contributed by atoms with Crippen LogP contribution >= 0.6 is 27.5 Å². The van der Waals surface area contributed by atoms with Crippen molar-refractivity contribution in [2.75, 3.05) is 5.32 Å². The van der Waals surface area contributed by atoms with E-state index in [4.69, 9.17) is 11.6 Å². The fourth-order valence-corrected chi connectivity index (χ4v) is 3.73. The number of amides is 1. The first-order valence-electron chi connectivity index (χ1n) is 6.62. The highest BCUT2D eigenvalue weighted by molar-refractivity contribution is 9.10. The molecule has 0 unspecified atom stereocenters. The van der Waals surface area contributed by atoms with Gasteiger partial charge in [0.1, 0.15) is 0 Å². The molecule has 110 valence electrons. The van der Waals surface area contributed by atoms with E-state index in [-0.39, 0.29) is 17.7 Å². The van der Waals surface area contributed by atoms with Gasteiger partial charge in [-0.3, -0.25) is 4.79 Å². The second kappa shape index (κ2) is 5.46. The average Bonchev–Trinajstić information content (AvgIpc) is 3.03. The molecule has 1 saturated carbocycles. The lowest BCUT2D eigenvalue weighted by Crippen LogP contribution is -2.42. The van der Waals surface area contributed by atoms with Crippen LogP contribution < -0.4 is 10.4 Å². The summed E-state index contributed by atoms with van der Waals surface area (Å²) in [6, 6.07) is 5.07. The molecular formula is C15H12BrClNO3-. The molecule has 2 aliphatic rings. The minimum absolute atomic E-state index is 0.0242. The van der Waals surface area contributed by atoms with Crippen molar-refractivity contribution in [3.05, 3.63) is 39.8 Å². The van der Waals surface area contributed by atoms with Gasteiger partial charge in [0, 0.05) is 22.0 Å². The second-order valence-electron chi connectivity index (χ2n) is 5.44. The van der Waals surface area contributed by atoms with Crippen LogP contribution in [0.3, 0.4) is 0 Å². The third-order valence-corrected chi connectivity index (χ3v) is 5.45. The Balaban J connectivity index is 1.80. The maximum Gasteiger partial charge on any atom is 0.228 e. The number of carboxylic acid groups (broad SMARTS) is 1. The highest BCUT2D eigenvalue weighted by Crippen LogP contribution is 2.48. The van der Waals surface area contributed by atoms with E-state index in [1.54, 1.807) is 18.2 Å². The number of rotatable bonds is 3. The average molecular weight is 370 g/mol. The lowest BCUT2D eigenvalue weighted by Gasteiger charge is -2.27. The van der Waals surface area contributed by atoms with Crippen molar-refractivity contribution in [1.29, 1.82) is 0 Å². The van der Waals surface area contributed by atoms with Gasteiger partial charge in [-0.25, -0.2) is 0 Å². The van der Waals surface area contributed by atoms with Crippen LogP contribution in [0.25, 0.3) is 0 Å². The van der Waals surface area contributed by atoms with E-state index in [0.717, 1.165) is 4.47 Å². The molecule has 1 aromatic carbocycles. The lowest BCUT2D eigenvalue weighted by molar-refractivity contribution is -0.313.